The van der Waals surface area contributed by atoms with E-state index >= 15 is 0 Å². The number of hydrogen-bond donors (Lipinski definition) is 1. The molecule has 4 aliphatic carbocycles. The molecule has 2 saturated carbocycles. The first kappa shape index (κ1) is 9.44. The highest BCUT2D eigenvalue weighted by atomic mass is 16.1. The predicted octanol–water partition coefficient (Wildman–Crippen LogP) is 2.26. The summed E-state index contributed by atoms with van der Waals surface area (Å²) in [5.74, 6) is 2.45. The largest absolute Gasteiger partial charge is 0.351 e. The molecule has 0 radical (unpaired) electrons. The van der Waals surface area contributed by atoms with Gasteiger partial charge in [-0.05, 0) is 49.9 Å². The molecule has 15 heavy (non-hydrogen) atoms. The van der Waals surface area contributed by atoms with Gasteiger partial charge in [-0.2, -0.15) is 0 Å². The minimum atomic E-state index is 0.145. The third kappa shape index (κ3) is 1.60. The summed E-state index contributed by atoms with van der Waals surface area (Å²) >= 11 is 0. The van der Waals surface area contributed by atoms with Crippen LogP contribution in [0.4, 0.5) is 0 Å². The average molecular weight is 205 g/mol. The highest BCUT2D eigenvalue weighted by Gasteiger charge is 2.47. The lowest BCUT2D eigenvalue weighted by atomic mass is 9.62. The van der Waals surface area contributed by atoms with Crippen LogP contribution in [0.5, 0.6) is 0 Å². The highest BCUT2D eigenvalue weighted by molar-refractivity contribution is 5.74. The van der Waals surface area contributed by atoms with Crippen molar-refractivity contribution in [1.29, 1.82) is 0 Å². The smallest absolute Gasteiger partial charge is 0.217 e. The van der Waals surface area contributed by atoms with E-state index in [1.54, 1.807) is 6.92 Å². The van der Waals surface area contributed by atoms with E-state index in [9.17, 15) is 4.79 Å². The van der Waals surface area contributed by atoms with Crippen molar-refractivity contribution in [1.82, 2.24) is 5.32 Å². The lowest BCUT2D eigenvalue weighted by Crippen LogP contribution is -2.55. The molecule has 0 aliphatic heterocycles. The van der Waals surface area contributed by atoms with Gasteiger partial charge in [0.25, 0.3) is 0 Å². The van der Waals surface area contributed by atoms with Gasteiger partial charge in [0, 0.05) is 12.5 Å². The molecule has 0 spiro atoms. The van der Waals surface area contributed by atoms with Crippen LogP contribution in [0.2, 0.25) is 0 Å². The fourth-order valence-corrected chi connectivity index (χ4v) is 4.23. The number of hydrogen-bond acceptors (Lipinski definition) is 1. The molecule has 4 rings (SSSR count). The Bertz CT molecular complexity index is 302. The molecular weight excluding hydrogens is 186 g/mol. The Labute approximate surface area is 91.1 Å². The van der Waals surface area contributed by atoms with Crippen molar-refractivity contribution in [3.8, 4) is 0 Å². The summed E-state index contributed by atoms with van der Waals surface area (Å²) in [5, 5.41) is 3.25. The number of carbonyl (C=O) groups is 1. The molecule has 82 valence electrons. The summed E-state index contributed by atoms with van der Waals surface area (Å²) in [6.45, 7) is 1.66. The molecule has 0 saturated heterocycles. The first-order chi connectivity index (χ1) is 7.15. The zero-order valence-electron chi connectivity index (χ0n) is 9.33. The summed E-state index contributed by atoms with van der Waals surface area (Å²) in [4.78, 5) is 11.3. The van der Waals surface area contributed by atoms with Gasteiger partial charge >= 0.3 is 0 Å². The third-order valence-electron chi connectivity index (χ3n) is 4.35. The Balaban J connectivity index is 1.89. The van der Waals surface area contributed by atoms with Crippen LogP contribution in [0, 0.1) is 17.8 Å². The molecule has 0 aromatic heterocycles. The van der Waals surface area contributed by atoms with Crippen LogP contribution in [0.3, 0.4) is 0 Å². The Kier molecular flexibility index (Phi) is 1.95. The zero-order chi connectivity index (χ0) is 10.5. The van der Waals surface area contributed by atoms with Gasteiger partial charge in [0.05, 0.1) is 0 Å². The molecule has 2 atom stereocenters. The fourth-order valence-electron chi connectivity index (χ4n) is 4.23. The van der Waals surface area contributed by atoms with Crippen LogP contribution in [-0.2, 0) is 4.79 Å². The van der Waals surface area contributed by atoms with Crippen molar-refractivity contribution in [3.05, 3.63) is 12.2 Å². The molecule has 1 amide bonds. The van der Waals surface area contributed by atoms with Gasteiger partial charge in [-0.15, -0.1) is 0 Å². The van der Waals surface area contributed by atoms with Crippen LogP contribution in [0.15, 0.2) is 12.2 Å². The summed E-state index contributed by atoms with van der Waals surface area (Å²) in [6, 6.07) is 0. The molecule has 2 unspecified atom stereocenters. The lowest BCUT2D eigenvalue weighted by molar-refractivity contribution is -0.122. The normalized spacial score (nSPS) is 46.6. The predicted molar refractivity (Wildman–Crippen MR) is 59.2 cm³/mol. The second-order valence-electron chi connectivity index (χ2n) is 5.82. The summed E-state index contributed by atoms with van der Waals surface area (Å²) < 4.78 is 0. The second-order valence-corrected chi connectivity index (χ2v) is 5.82. The maximum atomic E-state index is 11.3. The van der Waals surface area contributed by atoms with Crippen molar-refractivity contribution in [2.45, 2.75) is 44.6 Å². The molecule has 0 heterocycles. The third-order valence-corrected chi connectivity index (χ3v) is 4.35. The van der Waals surface area contributed by atoms with E-state index < -0.39 is 0 Å². The van der Waals surface area contributed by atoms with E-state index in [0.717, 1.165) is 17.8 Å². The Morgan fingerprint density at radius 2 is 1.80 bits per heavy atom. The summed E-state index contributed by atoms with van der Waals surface area (Å²) in [7, 11) is 0. The number of rotatable bonds is 1. The molecule has 1 N–H and O–H groups in total. The summed E-state index contributed by atoms with van der Waals surface area (Å²) in [6.07, 6.45) is 11.1. The van der Waals surface area contributed by atoms with E-state index in [0.29, 0.717) is 0 Å². The van der Waals surface area contributed by atoms with E-state index in [1.165, 1.54) is 32.1 Å². The monoisotopic (exact) mass is 205 g/mol. The van der Waals surface area contributed by atoms with Crippen molar-refractivity contribution >= 4 is 5.91 Å². The molecule has 2 nitrogen and oxygen atoms in total. The maximum Gasteiger partial charge on any atom is 0.217 e. The van der Waals surface area contributed by atoms with E-state index in [1.807, 2.05) is 0 Å². The SMILES string of the molecule is CC(=O)NC12CC3C=CC(CC(C3)C1)C2. The van der Waals surface area contributed by atoms with Crippen LogP contribution in [-0.4, -0.2) is 11.4 Å². The average Bonchev–Trinajstić information content (AvgIpc) is 2.29. The highest BCUT2D eigenvalue weighted by Crippen LogP contribution is 2.50. The minimum Gasteiger partial charge on any atom is -0.351 e. The van der Waals surface area contributed by atoms with Crippen molar-refractivity contribution in [2.24, 2.45) is 17.8 Å². The van der Waals surface area contributed by atoms with Crippen LogP contribution in [0.25, 0.3) is 0 Å². The maximum absolute atomic E-state index is 11.3. The summed E-state index contributed by atoms with van der Waals surface area (Å²) in [5.41, 5.74) is 0.145. The molecule has 4 aliphatic rings. The van der Waals surface area contributed by atoms with Gasteiger partial charge < -0.3 is 5.32 Å². The standard InChI is InChI=1S/C13H19NO/c1-9(15)14-13-6-10-2-3-11(7-13)5-12(4-10)8-13/h2-3,10-12H,4-8H2,1H3,(H,14,15). The van der Waals surface area contributed by atoms with Gasteiger partial charge in [0.2, 0.25) is 5.91 Å². The van der Waals surface area contributed by atoms with Crippen molar-refractivity contribution in [3.63, 3.8) is 0 Å². The first-order valence-corrected chi connectivity index (χ1v) is 6.12. The number of amides is 1. The first-order valence-electron chi connectivity index (χ1n) is 6.12. The van der Waals surface area contributed by atoms with Gasteiger partial charge in [-0.25, -0.2) is 0 Å². The van der Waals surface area contributed by atoms with Gasteiger partial charge in [0.1, 0.15) is 0 Å². The van der Waals surface area contributed by atoms with Crippen LogP contribution >= 0.6 is 0 Å². The number of carbonyl (C=O) groups excluding carboxylic acids is 1. The van der Waals surface area contributed by atoms with Gasteiger partial charge in [0.15, 0.2) is 0 Å². The van der Waals surface area contributed by atoms with E-state index in [2.05, 4.69) is 17.5 Å². The molecule has 0 aromatic rings. The quantitative estimate of drug-likeness (QED) is 0.654. The Morgan fingerprint density at radius 3 is 2.33 bits per heavy atom. The zero-order valence-corrected chi connectivity index (χ0v) is 9.33. The van der Waals surface area contributed by atoms with Crippen molar-refractivity contribution in [2.75, 3.05) is 0 Å². The van der Waals surface area contributed by atoms with Gasteiger partial charge in [-0.1, -0.05) is 12.2 Å². The topological polar surface area (TPSA) is 29.1 Å². The van der Waals surface area contributed by atoms with Crippen molar-refractivity contribution < 1.29 is 4.79 Å². The van der Waals surface area contributed by atoms with E-state index in [4.69, 9.17) is 0 Å². The minimum absolute atomic E-state index is 0.145. The molecule has 0 aromatic carbocycles. The fraction of sp³-hybridized carbons (Fsp3) is 0.769. The molecule has 4 bridgehead atoms. The van der Waals surface area contributed by atoms with Gasteiger partial charge in [-0.3, -0.25) is 4.79 Å². The van der Waals surface area contributed by atoms with E-state index in [-0.39, 0.29) is 11.4 Å². The molecule has 2 fully saturated rings. The second kappa shape index (κ2) is 3.10. The number of allylic oxidation sites excluding steroid dienone is 2. The Morgan fingerprint density at radius 1 is 1.20 bits per heavy atom. The Hall–Kier alpha value is -0.790. The van der Waals surface area contributed by atoms with Crippen LogP contribution in [0.1, 0.15) is 39.0 Å². The molecular formula is C13H19NO. The van der Waals surface area contributed by atoms with Crippen LogP contribution < -0.4 is 5.32 Å². The number of nitrogens with one attached hydrogen (secondary N) is 1. The molecule has 2 heteroatoms. The lowest BCUT2D eigenvalue weighted by Gasteiger charge is -2.48.